The van der Waals surface area contributed by atoms with Crippen LogP contribution >= 0.6 is 11.6 Å². The van der Waals surface area contributed by atoms with E-state index in [1.54, 1.807) is 6.92 Å². The molecule has 1 aromatic rings. The lowest BCUT2D eigenvalue weighted by Gasteiger charge is -2.48. The van der Waals surface area contributed by atoms with E-state index in [2.05, 4.69) is 5.32 Å². The van der Waals surface area contributed by atoms with Gasteiger partial charge in [0.25, 0.3) is 0 Å². The average molecular weight is 332 g/mol. The maximum Gasteiger partial charge on any atom is 0.226 e. The number of alkyl halides is 1. The fourth-order valence-electron chi connectivity index (χ4n) is 2.98. The van der Waals surface area contributed by atoms with Crippen LogP contribution in [0.1, 0.15) is 33.6 Å². The second kappa shape index (κ2) is 6.03. The lowest BCUT2D eigenvalue weighted by atomic mass is 9.62. The van der Waals surface area contributed by atoms with Crippen molar-refractivity contribution in [3.63, 3.8) is 0 Å². The van der Waals surface area contributed by atoms with Crippen LogP contribution in [0.4, 0.5) is 8.78 Å². The summed E-state index contributed by atoms with van der Waals surface area (Å²) in [6.45, 7) is 5.58. The number of ether oxygens (including phenoxy) is 1. The van der Waals surface area contributed by atoms with Crippen LogP contribution in [0.15, 0.2) is 18.2 Å². The second-order valence-electron chi connectivity index (χ2n) is 6.59. The Kier molecular flexibility index (Phi) is 4.66. The van der Waals surface area contributed by atoms with Gasteiger partial charge < -0.3 is 10.1 Å². The van der Waals surface area contributed by atoms with E-state index in [9.17, 15) is 13.6 Å². The van der Waals surface area contributed by atoms with E-state index in [1.807, 2.05) is 13.8 Å². The van der Waals surface area contributed by atoms with Crippen LogP contribution in [-0.4, -0.2) is 23.4 Å². The number of benzene rings is 1. The van der Waals surface area contributed by atoms with Gasteiger partial charge in [0.2, 0.25) is 5.91 Å². The van der Waals surface area contributed by atoms with Gasteiger partial charge in [0.15, 0.2) is 11.6 Å². The third kappa shape index (κ3) is 3.88. The van der Waals surface area contributed by atoms with Gasteiger partial charge in [-0.25, -0.2) is 8.78 Å². The molecule has 1 N–H and O–H groups in total. The standard InChI is InChI=1S/C16H20ClF2NO2/c1-10(7-22-13-6-11(18)4-5-12(13)19)20-14(21)15(2)8-16(3,17)9-15/h4-6,10H,7-9H2,1-3H3,(H,20,21). The molecule has 1 aliphatic rings. The van der Waals surface area contributed by atoms with Crippen molar-refractivity contribution in [2.24, 2.45) is 5.41 Å². The van der Waals surface area contributed by atoms with Crippen molar-refractivity contribution < 1.29 is 18.3 Å². The number of nitrogens with one attached hydrogen (secondary N) is 1. The first-order valence-electron chi connectivity index (χ1n) is 7.19. The van der Waals surface area contributed by atoms with Gasteiger partial charge in [0.1, 0.15) is 12.4 Å². The molecule has 0 saturated heterocycles. The van der Waals surface area contributed by atoms with E-state index in [0.717, 1.165) is 18.2 Å². The second-order valence-corrected chi connectivity index (χ2v) is 7.50. The lowest BCUT2D eigenvalue weighted by molar-refractivity contribution is -0.137. The van der Waals surface area contributed by atoms with E-state index >= 15 is 0 Å². The molecule has 1 saturated carbocycles. The number of carbonyl (C=O) groups excluding carboxylic acids is 1. The minimum atomic E-state index is -0.635. The quantitative estimate of drug-likeness (QED) is 0.836. The number of halogens is 3. The molecule has 1 amide bonds. The molecule has 0 radical (unpaired) electrons. The maximum atomic E-state index is 13.4. The number of hydrogen-bond acceptors (Lipinski definition) is 2. The van der Waals surface area contributed by atoms with Gasteiger partial charge in [-0.2, -0.15) is 0 Å². The summed E-state index contributed by atoms with van der Waals surface area (Å²) < 4.78 is 31.7. The van der Waals surface area contributed by atoms with Crippen LogP contribution in [0.25, 0.3) is 0 Å². The Hall–Kier alpha value is -1.36. The fraction of sp³-hybridized carbons (Fsp3) is 0.562. The molecular weight excluding hydrogens is 312 g/mol. The van der Waals surface area contributed by atoms with Gasteiger partial charge in [0, 0.05) is 16.4 Å². The summed E-state index contributed by atoms with van der Waals surface area (Å²) in [6.07, 6.45) is 1.22. The molecule has 1 atom stereocenters. The molecule has 6 heteroatoms. The topological polar surface area (TPSA) is 38.3 Å². The predicted octanol–water partition coefficient (Wildman–Crippen LogP) is 3.65. The Labute approximate surface area is 134 Å². The molecule has 0 spiro atoms. The summed E-state index contributed by atoms with van der Waals surface area (Å²) in [5.41, 5.74) is -0.477. The van der Waals surface area contributed by atoms with E-state index in [0.29, 0.717) is 12.8 Å². The summed E-state index contributed by atoms with van der Waals surface area (Å²) in [6, 6.07) is 2.68. The number of rotatable bonds is 5. The van der Waals surface area contributed by atoms with Crippen molar-refractivity contribution in [1.82, 2.24) is 5.32 Å². The number of carbonyl (C=O) groups is 1. The van der Waals surface area contributed by atoms with Gasteiger partial charge in [0.05, 0.1) is 6.04 Å². The highest BCUT2D eigenvalue weighted by molar-refractivity contribution is 6.25. The zero-order valence-corrected chi connectivity index (χ0v) is 13.6. The first kappa shape index (κ1) is 17.0. The third-order valence-corrected chi connectivity index (χ3v) is 4.09. The summed E-state index contributed by atoms with van der Waals surface area (Å²) in [5.74, 6) is -1.47. The van der Waals surface area contributed by atoms with Crippen molar-refractivity contribution in [3.8, 4) is 5.75 Å². The SMILES string of the molecule is CC(COc1cc(F)ccc1F)NC(=O)C1(C)CC(C)(Cl)C1. The van der Waals surface area contributed by atoms with Crippen LogP contribution in [0.3, 0.4) is 0 Å². The molecular formula is C16H20ClF2NO2. The first-order chi connectivity index (χ1) is 10.1. The summed E-state index contributed by atoms with van der Waals surface area (Å²) in [5, 5.41) is 2.83. The van der Waals surface area contributed by atoms with Gasteiger partial charge in [-0.3, -0.25) is 4.79 Å². The van der Waals surface area contributed by atoms with E-state index in [-0.39, 0.29) is 29.2 Å². The molecule has 0 bridgehead atoms. The molecule has 0 aliphatic heterocycles. The smallest absolute Gasteiger partial charge is 0.226 e. The number of amides is 1. The minimum Gasteiger partial charge on any atom is -0.488 e. The largest absolute Gasteiger partial charge is 0.488 e. The van der Waals surface area contributed by atoms with Crippen LogP contribution < -0.4 is 10.1 Å². The average Bonchev–Trinajstić information content (AvgIpc) is 2.37. The molecule has 0 aromatic heterocycles. The van der Waals surface area contributed by atoms with Crippen molar-refractivity contribution in [2.45, 2.75) is 44.5 Å². The maximum absolute atomic E-state index is 13.4. The number of hydrogen-bond donors (Lipinski definition) is 1. The lowest BCUT2D eigenvalue weighted by Crippen LogP contribution is -2.55. The van der Waals surface area contributed by atoms with Gasteiger partial charge in [-0.15, -0.1) is 11.6 Å². The molecule has 22 heavy (non-hydrogen) atoms. The third-order valence-electron chi connectivity index (χ3n) is 3.83. The Morgan fingerprint density at radius 2 is 2.05 bits per heavy atom. The molecule has 1 aromatic carbocycles. The van der Waals surface area contributed by atoms with Gasteiger partial charge in [-0.05, 0) is 38.8 Å². The predicted molar refractivity (Wildman–Crippen MR) is 81.1 cm³/mol. The minimum absolute atomic E-state index is 0.0559. The highest BCUT2D eigenvalue weighted by atomic mass is 35.5. The van der Waals surface area contributed by atoms with Crippen LogP contribution in [-0.2, 0) is 4.79 Å². The Balaban J connectivity index is 1.84. The van der Waals surface area contributed by atoms with Crippen molar-refractivity contribution >= 4 is 17.5 Å². The monoisotopic (exact) mass is 331 g/mol. The van der Waals surface area contributed by atoms with E-state index in [4.69, 9.17) is 16.3 Å². The zero-order valence-electron chi connectivity index (χ0n) is 12.9. The molecule has 122 valence electrons. The fourth-order valence-corrected chi connectivity index (χ4v) is 3.57. The Bertz CT molecular complexity index is 569. The molecule has 1 unspecified atom stereocenters. The van der Waals surface area contributed by atoms with Gasteiger partial charge in [-0.1, -0.05) is 6.92 Å². The van der Waals surface area contributed by atoms with Crippen LogP contribution in [0.5, 0.6) is 5.75 Å². The highest BCUT2D eigenvalue weighted by Crippen LogP contribution is 2.52. The molecule has 0 heterocycles. The Morgan fingerprint density at radius 1 is 1.41 bits per heavy atom. The first-order valence-corrected chi connectivity index (χ1v) is 7.57. The van der Waals surface area contributed by atoms with Crippen molar-refractivity contribution in [3.05, 3.63) is 29.8 Å². The van der Waals surface area contributed by atoms with Crippen LogP contribution in [0, 0.1) is 17.0 Å². The normalized spacial score (nSPS) is 28.6. The van der Waals surface area contributed by atoms with Crippen molar-refractivity contribution in [1.29, 1.82) is 0 Å². The van der Waals surface area contributed by atoms with Crippen LogP contribution in [0.2, 0.25) is 0 Å². The molecule has 3 nitrogen and oxygen atoms in total. The highest BCUT2D eigenvalue weighted by Gasteiger charge is 2.52. The molecule has 1 aliphatic carbocycles. The van der Waals surface area contributed by atoms with E-state index < -0.39 is 17.0 Å². The van der Waals surface area contributed by atoms with Gasteiger partial charge >= 0.3 is 0 Å². The Morgan fingerprint density at radius 3 is 2.64 bits per heavy atom. The summed E-state index contributed by atoms with van der Waals surface area (Å²) >= 11 is 6.16. The zero-order chi connectivity index (χ0) is 16.5. The molecule has 1 fully saturated rings. The summed E-state index contributed by atoms with van der Waals surface area (Å²) in [4.78, 5) is 11.9. The van der Waals surface area contributed by atoms with E-state index in [1.165, 1.54) is 0 Å². The van der Waals surface area contributed by atoms with Crippen molar-refractivity contribution in [2.75, 3.05) is 6.61 Å². The molecule has 2 rings (SSSR count). The summed E-state index contributed by atoms with van der Waals surface area (Å²) in [7, 11) is 0.